The van der Waals surface area contributed by atoms with E-state index in [9.17, 15) is 17.6 Å². The van der Waals surface area contributed by atoms with Gasteiger partial charge in [-0.2, -0.15) is 4.31 Å². The van der Waals surface area contributed by atoms with E-state index >= 15 is 0 Å². The van der Waals surface area contributed by atoms with Gasteiger partial charge in [-0.05, 0) is 43.7 Å². The van der Waals surface area contributed by atoms with Crippen molar-refractivity contribution in [2.75, 3.05) is 19.7 Å². The van der Waals surface area contributed by atoms with Crippen molar-refractivity contribution >= 4 is 16.0 Å². The third-order valence-electron chi connectivity index (χ3n) is 3.83. The van der Waals surface area contributed by atoms with Gasteiger partial charge < -0.3 is 10.5 Å². The molecule has 0 aromatic heterocycles. The van der Waals surface area contributed by atoms with Crippen LogP contribution in [0.5, 0.6) is 0 Å². The maximum Gasteiger partial charge on any atom is 0.338 e. The van der Waals surface area contributed by atoms with Crippen molar-refractivity contribution in [3.05, 3.63) is 65.5 Å². The predicted octanol–water partition coefficient (Wildman–Crippen LogP) is 2.54. The Kier molecular flexibility index (Phi) is 7.46. The molecule has 2 rings (SSSR count). The molecule has 0 unspecified atom stereocenters. The van der Waals surface area contributed by atoms with Gasteiger partial charge in [0.15, 0.2) is 0 Å². The van der Waals surface area contributed by atoms with Gasteiger partial charge in [0.25, 0.3) is 0 Å². The molecule has 0 atom stereocenters. The van der Waals surface area contributed by atoms with Gasteiger partial charge in [0.1, 0.15) is 5.82 Å². The summed E-state index contributed by atoms with van der Waals surface area (Å²) in [5.74, 6) is -1.59. The highest BCUT2D eigenvalue weighted by Crippen LogP contribution is 2.22. The number of ether oxygens (including phenoxy) is 1. The zero-order valence-corrected chi connectivity index (χ0v) is 15.9. The smallest absolute Gasteiger partial charge is 0.338 e. The highest BCUT2D eigenvalue weighted by molar-refractivity contribution is 7.89. The quantitative estimate of drug-likeness (QED) is 0.660. The molecule has 0 heterocycles. The summed E-state index contributed by atoms with van der Waals surface area (Å²) in [6.07, 6.45) is 0.451. The van der Waals surface area contributed by atoms with Crippen LogP contribution >= 0.6 is 0 Å². The van der Waals surface area contributed by atoms with Gasteiger partial charge in [-0.25, -0.2) is 17.6 Å². The Morgan fingerprint density at radius 2 is 1.89 bits per heavy atom. The van der Waals surface area contributed by atoms with Crippen LogP contribution in [0.25, 0.3) is 0 Å². The number of carbonyl (C=O) groups is 1. The van der Waals surface area contributed by atoms with Crippen LogP contribution in [0.1, 0.15) is 29.3 Å². The molecule has 0 spiro atoms. The van der Waals surface area contributed by atoms with E-state index in [1.54, 1.807) is 19.1 Å². The summed E-state index contributed by atoms with van der Waals surface area (Å²) in [6, 6.07) is 12.1. The van der Waals surface area contributed by atoms with Gasteiger partial charge in [-0.1, -0.05) is 30.3 Å². The topological polar surface area (TPSA) is 89.7 Å². The Morgan fingerprint density at radius 3 is 2.52 bits per heavy atom. The normalized spacial score (nSPS) is 11.6. The minimum absolute atomic E-state index is 0.105. The molecule has 0 bridgehead atoms. The zero-order chi connectivity index (χ0) is 19.9. The summed E-state index contributed by atoms with van der Waals surface area (Å²) in [4.78, 5) is 11.6. The number of esters is 1. The summed E-state index contributed by atoms with van der Waals surface area (Å²) in [5.41, 5.74) is 6.18. The standard InChI is InChI=1S/C19H23FN2O4S/c1-2-26-19(23)16-11-17(20)13-18(12-16)27(24,25)22(10-6-9-21)14-15-7-4-3-5-8-15/h3-5,7-8,11-13H,2,6,9-10,14,21H2,1H3. The fourth-order valence-corrected chi connectivity index (χ4v) is 4.06. The molecular weight excluding hydrogens is 371 g/mol. The number of sulfonamides is 1. The lowest BCUT2D eigenvalue weighted by molar-refractivity contribution is 0.0525. The molecule has 2 aromatic rings. The SMILES string of the molecule is CCOC(=O)c1cc(F)cc(S(=O)(=O)N(CCCN)Cc2ccccc2)c1. The number of hydrogen-bond acceptors (Lipinski definition) is 5. The molecule has 0 aliphatic heterocycles. The number of benzene rings is 2. The second kappa shape index (κ2) is 9.59. The van der Waals surface area contributed by atoms with Crippen LogP contribution in [0.2, 0.25) is 0 Å². The largest absolute Gasteiger partial charge is 0.462 e. The minimum atomic E-state index is -4.03. The molecule has 0 fully saturated rings. The number of rotatable bonds is 9. The molecule has 2 N–H and O–H groups in total. The first-order valence-corrected chi connectivity index (χ1v) is 10.0. The van der Waals surface area contributed by atoms with Gasteiger partial charge in [-0.3, -0.25) is 0 Å². The molecule has 0 radical (unpaired) electrons. The predicted molar refractivity (Wildman–Crippen MR) is 100 cm³/mol. The van der Waals surface area contributed by atoms with E-state index < -0.39 is 21.8 Å². The lowest BCUT2D eigenvalue weighted by Gasteiger charge is -2.22. The van der Waals surface area contributed by atoms with Crippen LogP contribution in [-0.4, -0.2) is 38.4 Å². The average Bonchev–Trinajstić information content (AvgIpc) is 2.65. The van der Waals surface area contributed by atoms with E-state index in [0.29, 0.717) is 13.0 Å². The molecule has 0 saturated heterocycles. The van der Waals surface area contributed by atoms with Crippen molar-refractivity contribution in [3.8, 4) is 0 Å². The van der Waals surface area contributed by atoms with E-state index in [-0.39, 0.29) is 30.2 Å². The molecule has 2 aromatic carbocycles. The first-order valence-electron chi connectivity index (χ1n) is 8.60. The lowest BCUT2D eigenvalue weighted by Crippen LogP contribution is -2.33. The van der Waals surface area contributed by atoms with E-state index in [2.05, 4.69) is 0 Å². The number of halogens is 1. The van der Waals surface area contributed by atoms with E-state index in [1.807, 2.05) is 18.2 Å². The second-order valence-corrected chi connectivity index (χ2v) is 7.80. The molecule has 6 nitrogen and oxygen atoms in total. The van der Waals surface area contributed by atoms with E-state index in [4.69, 9.17) is 10.5 Å². The van der Waals surface area contributed by atoms with Crippen LogP contribution in [-0.2, 0) is 21.3 Å². The molecule has 0 aliphatic rings. The first kappa shape index (κ1) is 21.0. The molecule has 0 aliphatic carbocycles. The highest BCUT2D eigenvalue weighted by atomic mass is 32.2. The van der Waals surface area contributed by atoms with E-state index in [1.165, 1.54) is 4.31 Å². The highest BCUT2D eigenvalue weighted by Gasteiger charge is 2.26. The maximum absolute atomic E-state index is 14.0. The Balaban J connectivity index is 2.40. The van der Waals surface area contributed by atoms with Crippen molar-refractivity contribution < 1.29 is 22.3 Å². The van der Waals surface area contributed by atoms with Crippen LogP contribution in [0, 0.1) is 5.82 Å². The summed E-state index contributed by atoms with van der Waals surface area (Å²) in [7, 11) is -4.03. The van der Waals surface area contributed by atoms with Crippen molar-refractivity contribution in [3.63, 3.8) is 0 Å². The van der Waals surface area contributed by atoms with Crippen molar-refractivity contribution in [2.24, 2.45) is 5.73 Å². The Bertz CT molecular complexity index is 873. The summed E-state index contributed by atoms with van der Waals surface area (Å²) in [6.45, 7) is 2.34. The average molecular weight is 394 g/mol. The fraction of sp³-hybridized carbons (Fsp3) is 0.316. The Morgan fingerprint density at radius 1 is 1.19 bits per heavy atom. The monoisotopic (exact) mass is 394 g/mol. The number of nitrogens with two attached hydrogens (primary N) is 1. The lowest BCUT2D eigenvalue weighted by atomic mass is 10.2. The second-order valence-electron chi connectivity index (χ2n) is 5.86. The van der Waals surface area contributed by atoms with Crippen LogP contribution < -0.4 is 5.73 Å². The van der Waals surface area contributed by atoms with Gasteiger partial charge >= 0.3 is 5.97 Å². The third-order valence-corrected chi connectivity index (χ3v) is 5.66. The van der Waals surface area contributed by atoms with Crippen molar-refractivity contribution in [1.82, 2.24) is 4.31 Å². The number of carbonyl (C=O) groups excluding carboxylic acids is 1. The third kappa shape index (κ3) is 5.59. The van der Waals surface area contributed by atoms with Crippen LogP contribution in [0.15, 0.2) is 53.4 Å². The fourth-order valence-electron chi connectivity index (χ4n) is 2.53. The van der Waals surface area contributed by atoms with E-state index in [0.717, 1.165) is 23.8 Å². The molecule has 8 heteroatoms. The molecule has 146 valence electrons. The molecule has 0 amide bonds. The van der Waals surface area contributed by atoms with Gasteiger partial charge in [0, 0.05) is 13.1 Å². The van der Waals surface area contributed by atoms with Crippen LogP contribution in [0.3, 0.4) is 0 Å². The van der Waals surface area contributed by atoms with Gasteiger partial charge in [0.05, 0.1) is 17.1 Å². The molecule has 27 heavy (non-hydrogen) atoms. The number of nitrogens with zero attached hydrogens (tertiary/aromatic N) is 1. The van der Waals surface area contributed by atoms with Gasteiger partial charge in [-0.15, -0.1) is 0 Å². The minimum Gasteiger partial charge on any atom is -0.462 e. The molecular formula is C19H23FN2O4S. The zero-order valence-electron chi connectivity index (χ0n) is 15.1. The summed E-state index contributed by atoms with van der Waals surface area (Å²) in [5, 5.41) is 0. The van der Waals surface area contributed by atoms with Crippen molar-refractivity contribution in [1.29, 1.82) is 0 Å². The molecule has 0 saturated carbocycles. The Labute approximate surface area is 158 Å². The van der Waals surface area contributed by atoms with Crippen molar-refractivity contribution in [2.45, 2.75) is 24.8 Å². The maximum atomic E-state index is 14.0. The first-order chi connectivity index (χ1) is 12.9. The summed E-state index contributed by atoms with van der Waals surface area (Å²) < 4.78 is 46.3. The summed E-state index contributed by atoms with van der Waals surface area (Å²) >= 11 is 0. The van der Waals surface area contributed by atoms with Gasteiger partial charge in [0.2, 0.25) is 10.0 Å². The van der Waals surface area contributed by atoms with Crippen LogP contribution in [0.4, 0.5) is 4.39 Å². The Hall–Kier alpha value is -2.29. The number of hydrogen-bond donors (Lipinski definition) is 1.